The summed E-state index contributed by atoms with van der Waals surface area (Å²) in [6, 6.07) is 8.30. The minimum atomic E-state index is 0.417. The van der Waals surface area contributed by atoms with E-state index in [-0.39, 0.29) is 0 Å². The number of nitrogens with zero attached hydrogens (tertiary/aromatic N) is 1. The summed E-state index contributed by atoms with van der Waals surface area (Å²) in [4.78, 5) is 4.33. The van der Waals surface area contributed by atoms with E-state index in [2.05, 4.69) is 59.9 Å². The van der Waals surface area contributed by atoms with E-state index >= 15 is 0 Å². The van der Waals surface area contributed by atoms with Crippen molar-refractivity contribution in [2.75, 3.05) is 0 Å². The number of halogens is 1. The smallest absolute Gasteiger partial charge is 0.233 e. The van der Waals surface area contributed by atoms with Gasteiger partial charge in [-0.3, -0.25) is 0 Å². The third-order valence-electron chi connectivity index (χ3n) is 2.94. The Hall–Kier alpha value is -1.35. The molecule has 0 saturated carbocycles. The number of hydrogen-bond donors (Lipinski definition) is 0. The Balaban J connectivity index is 2.39. The van der Waals surface area contributed by atoms with Crippen LogP contribution in [-0.2, 0) is 0 Å². The van der Waals surface area contributed by atoms with E-state index in [1.165, 1.54) is 11.1 Å². The van der Waals surface area contributed by atoms with Gasteiger partial charge in [-0.05, 0) is 64.5 Å². The molecule has 100 valence electrons. The fourth-order valence-electron chi connectivity index (χ4n) is 1.91. The van der Waals surface area contributed by atoms with Crippen molar-refractivity contribution in [3.63, 3.8) is 0 Å². The summed E-state index contributed by atoms with van der Waals surface area (Å²) in [6.45, 7) is 8.40. The van der Waals surface area contributed by atoms with E-state index in [9.17, 15) is 0 Å². The Morgan fingerprint density at radius 1 is 1.11 bits per heavy atom. The second kappa shape index (κ2) is 5.74. The van der Waals surface area contributed by atoms with Crippen molar-refractivity contribution in [1.82, 2.24) is 4.98 Å². The summed E-state index contributed by atoms with van der Waals surface area (Å²) < 4.78 is 6.86. The van der Waals surface area contributed by atoms with Crippen LogP contribution >= 0.6 is 15.9 Å². The third-order valence-corrected chi connectivity index (χ3v) is 3.51. The standard InChI is InChI=1S/C16H18BrNO/c1-10(2)13-6-5-11(3)8-15(13)19-16-14(17)7-12(4)9-18-16/h5-10H,1-4H3. The third kappa shape index (κ3) is 3.35. The molecule has 2 rings (SSSR count). The molecule has 0 N–H and O–H groups in total. The number of hydrogen-bond acceptors (Lipinski definition) is 2. The Kier molecular flexibility index (Phi) is 4.25. The normalized spacial score (nSPS) is 10.8. The Morgan fingerprint density at radius 3 is 2.47 bits per heavy atom. The molecular formula is C16H18BrNO. The van der Waals surface area contributed by atoms with Gasteiger partial charge < -0.3 is 4.74 Å². The first kappa shape index (κ1) is 14.1. The lowest BCUT2D eigenvalue weighted by Gasteiger charge is -2.14. The van der Waals surface area contributed by atoms with Gasteiger partial charge in [-0.2, -0.15) is 0 Å². The summed E-state index contributed by atoms with van der Waals surface area (Å²) in [5.41, 5.74) is 3.48. The zero-order chi connectivity index (χ0) is 14.0. The van der Waals surface area contributed by atoms with Crippen LogP contribution in [0.15, 0.2) is 34.9 Å². The zero-order valence-electron chi connectivity index (χ0n) is 11.7. The van der Waals surface area contributed by atoms with Crippen molar-refractivity contribution in [2.45, 2.75) is 33.6 Å². The van der Waals surface area contributed by atoms with Crippen LogP contribution in [0.3, 0.4) is 0 Å². The van der Waals surface area contributed by atoms with Crippen molar-refractivity contribution >= 4 is 15.9 Å². The Labute approximate surface area is 123 Å². The van der Waals surface area contributed by atoms with Gasteiger partial charge in [-0.15, -0.1) is 0 Å². The molecule has 1 aromatic heterocycles. The first-order valence-corrected chi connectivity index (χ1v) is 7.17. The average molecular weight is 320 g/mol. The fourth-order valence-corrected chi connectivity index (χ4v) is 2.45. The van der Waals surface area contributed by atoms with Crippen LogP contribution in [0.25, 0.3) is 0 Å². The quantitative estimate of drug-likeness (QED) is 0.758. The predicted octanol–water partition coefficient (Wildman–Crippen LogP) is 5.38. The topological polar surface area (TPSA) is 22.1 Å². The summed E-state index contributed by atoms with van der Waals surface area (Å²) in [5.74, 6) is 1.91. The molecule has 0 bridgehead atoms. The largest absolute Gasteiger partial charge is 0.438 e. The molecule has 1 aromatic carbocycles. The molecule has 0 amide bonds. The molecule has 3 heteroatoms. The highest BCUT2D eigenvalue weighted by Crippen LogP contribution is 2.33. The van der Waals surface area contributed by atoms with Crippen LogP contribution in [0.1, 0.15) is 36.5 Å². The maximum absolute atomic E-state index is 5.98. The molecule has 0 aliphatic heterocycles. The maximum atomic E-state index is 5.98. The highest BCUT2D eigenvalue weighted by Gasteiger charge is 2.11. The predicted molar refractivity (Wildman–Crippen MR) is 82.0 cm³/mol. The first-order chi connectivity index (χ1) is 8.97. The number of benzene rings is 1. The number of aromatic nitrogens is 1. The monoisotopic (exact) mass is 319 g/mol. The van der Waals surface area contributed by atoms with Gasteiger partial charge in [-0.1, -0.05) is 26.0 Å². The van der Waals surface area contributed by atoms with Crippen LogP contribution in [0.4, 0.5) is 0 Å². The van der Waals surface area contributed by atoms with Gasteiger partial charge in [0.2, 0.25) is 5.88 Å². The van der Waals surface area contributed by atoms with Crippen LogP contribution in [-0.4, -0.2) is 4.98 Å². The van der Waals surface area contributed by atoms with Crippen molar-refractivity contribution in [3.8, 4) is 11.6 Å². The van der Waals surface area contributed by atoms with Gasteiger partial charge in [-0.25, -0.2) is 4.98 Å². The SMILES string of the molecule is Cc1cnc(Oc2cc(C)ccc2C(C)C)c(Br)c1. The highest BCUT2D eigenvalue weighted by molar-refractivity contribution is 9.10. The number of rotatable bonds is 3. The number of pyridine rings is 1. The number of ether oxygens (including phenoxy) is 1. The molecule has 0 saturated heterocycles. The summed E-state index contributed by atoms with van der Waals surface area (Å²) in [7, 11) is 0. The van der Waals surface area contributed by atoms with Gasteiger partial charge in [0.25, 0.3) is 0 Å². The Morgan fingerprint density at radius 2 is 1.84 bits per heavy atom. The van der Waals surface area contributed by atoms with E-state index in [1.54, 1.807) is 0 Å². The molecule has 19 heavy (non-hydrogen) atoms. The average Bonchev–Trinajstić information content (AvgIpc) is 2.32. The van der Waals surface area contributed by atoms with Crippen molar-refractivity contribution in [1.29, 1.82) is 0 Å². The van der Waals surface area contributed by atoms with Gasteiger partial charge in [0.15, 0.2) is 0 Å². The summed E-state index contributed by atoms with van der Waals surface area (Å²) in [5, 5.41) is 0. The summed E-state index contributed by atoms with van der Waals surface area (Å²) in [6.07, 6.45) is 1.81. The zero-order valence-corrected chi connectivity index (χ0v) is 13.3. The summed E-state index contributed by atoms with van der Waals surface area (Å²) >= 11 is 3.50. The van der Waals surface area contributed by atoms with Crippen LogP contribution in [0.2, 0.25) is 0 Å². The van der Waals surface area contributed by atoms with Crippen LogP contribution in [0.5, 0.6) is 11.6 Å². The molecule has 0 aliphatic rings. The highest BCUT2D eigenvalue weighted by atomic mass is 79.9. The van der Waals surface area contributed by atoms with Crippen LogP contribution < -0.4 is 4.74 Å². The van der Waals surface area contributed by atoms with Crippen molar-refractivity contribution < 1.29 is 4.74 Å². The molecule has 2 nitrogen and oxygen atoms in total. The van der Waals surface area contributed by atoms with E-state index in [0.29, 0.717) is 11.8 Å². The lowest BCUT2D eigenvalue weighted by Crippen LogP contribution is -1.97. The first-order valence-electron chi connectivity index (χ1n) is 6.38. The van der Waals surface area contributed by atoms with Gasteiger partial charge >= 0.3 is 0 Å². The van der Waals surface area contributed by atoms with E-state index in [4.69, 9.17) is 4.74 Å². The minimum absolute atomic E-state index is 0.417. The van der Waals surface area contributed by atoms with Crippen LogP contribution in [0, 0.1) is 13.8 Å². The second-order valence-corrected chi connectivity index (χ2v) is 5.95. The molecule has 0 fully saturated rings. The lowest BCUT2D eigenvalue weighted by molar-refractivity contribution is 0.450. The second-order valence-electron chi connectivity index (χ2n) is 5.10. The van der Waals surface area contributed by atoms with E-state index in [1.807, 2.05) is 19.2 Å². The molecule has 0 aliphatic carbocycles. The molecular weight excluding hydrogens is 302 g/mol. The van der Waals surface area contributed by atoms with Gasteiger partial charge in [0.1, 0.15) is 5.75 Å². The van der Waals surface area contributed by atoms with E-state index < -0.39 is 0 Å². The molecule has 0 unspecified atom stereocenters. The molecule has 0 atom stereocenters. The number of aryl methyl sites for hydroxylation is 2. The van der Waals surface area contributed by atoms with Crippen molar-refractivity contribution in [2.24, 2.45) is 0 Å². The Bertz CT molecular complexity index is 593. The minimum Gasteiger partial charge on any atom is -0.438 e. The van der Waals surface area contributed by atoms with Gasteiger partial charge in [0, 0.05) is 6.20 Å². The lowest BCUT2D eigenvalue weighted by atomic mass is 10.0. The molecule has 2 aromatic rings. The van der Waals surface area contributed by atoms with E-state index in [0.717, 1.165) is 15.8 Å². The molecule has 0 radical (unpaired) electrons. The van der Waals surface area contributed by atoms with Crippen molar-refractivity contribution in [3.05, 3.63) is 51.6 Å². The molecule has 0 spiro atoms. The molecule has 1 heterocycles. The fraction of sp³-hybridized carbons (Fsp3) is 0.312. The van der Waals surface area contributed by atoms with Gasteiger partial charge in [0.05, 0.1) is 4.47 Å². The maximum Gasteiger partial charge on any atom is 0.233 e.